The maximum atomic E-state index is 12.4. The molecule has 1 amide bonds. The molecule has 122 valence electrons. The highest BCUT2D eigenvalue weighted by Crippen LogP contribution is 2.26. The standard InChI is InChI=1S/C18H22N2O3/c21-18(12-20-8-7-13-3-1-2-4-15(13)20)19-14-5-6-16-17(11-14)23-10-9-22-16/h1-4,7-8,14,16-17H,5-6,9-12H2,(H,19,21)/t14-,16-,17-/m1/s1. The number of hydrogen-bond donors (Lipinski definition) is 1. The van der Waals surface area contributed by atoms with Gasteiger partial charge in [0.05, 0.1) is 25.4 Å². The molecule has 1 aromatic heterocycles. The van der Waals surface area contributed by atoms with Crippen LogP contribution in [0.25, 0.3) is 10.9 Å². The largest absolute Gasteiger partial charge is 0.373 e. The number of para-hydroxylation sites is 1. The maximum absolute atomic E-state index is 12.4. The molecule has 3 atom stereocenters. The SMILES string of the molecule is O=C(Cn1ccc2ccccc21)N[C@@H]1CC[C@H]2OCCO[C@@H]2C1. The molecular weight excluding hydrogens is 292 g/mol. The normalized spacial score (nSPS) is 27.6. The van der Waals surface area contributed by atoms with Crippen LogP contribution in [-0.2, 0) is 20.8 Å². The number of nitrogens with one attached hydrogen (secondary N) is 1. The fraction of sp³-hybridized carbons (Fsp3) is 0.500. The van der Waals surface area contributed by atoms with Crippen LogP contribution in [0.4, 0.5) is 0 Å². The van der Waals surface area contributed by atoms with E-state index in [1.807, 2.05) is 35.0 Å². The van der Waals surface area contributed by atoms with Crippen molar-refractivity contribution in [3.05, 3.63) is 36.5 Å². The van der Waals surface area contributed by atoms with Crippen molar-refractivity contribution < 1.29 is 14.3 Å². The molecule has 5 heteroatoms. The molecule has 5 nitrogen and oxygen atoms in total. The minimum absolute atomic E-state index is 0.0616. The van der Waals surface area contributed by atoms with Gasteiger partial charge in [-0.25, -0.2) is 0 Å². The molecule has 1 saturated carbocycles. The topological polar surface area (TPSA) is 52.5 Å². The lowest BCUT2D eigenvalue weighted by Crippen LogP contribution is -2.49. The minimum atomic E-state index is 0.0616. The Morgan fingerprint density at radius 3 is 2.87 bits per heavy atom. The molecule has 0 unspecified atom stereocenters. The summed E-state index contributed by atoms with van der Waals surface area (Å²) in [5, 5.41) is 4.32. The Hall–Kier alpha value is -1.85. The summed E-state index contributed by atoms with van der Waals surface area (Å²) in [7, 11) is 0. The fourth-order valence-corrected chi connectivity index (χ4v) is 3.70. The average molecular weight is 314 g/mol. The van der Waals surface area contributed by atoms with Crippen LogP contribution >= 0.6 is 0 Å². The van der Waals surface area contributed by atoms with Gasteiger partial charge in [0.2, 0.25) is 5.91 Å². The van der Waals surface area contributed by atoms with E-state index in [9.17, 15) is 4.79 Å². The van der Waals surface area contributed by atoms with E-state index in [1.165, 1.54) is 0 Å². The van der Waals surface area contributed by atoms with E-state index < -0.39 is 0 Å². The Bertz CT molecular complexity index is 696. The zero-order valence-corrected chi connectivity index (χ0v) is 13.1. The highest BCUT2D eigenvalue weighted by atomic mass is 16.6. The highest BCUT2D eigenvalue weighted by Gasteiger charge is 2.34. The second-order valence-corrected chi connectivity index (χ2v) is 6.40. The van der Waals surface area contributed by atoms with Crippen molar-refractivity contribution in [2.45, 2.75) is 44.1 Å². The second-order valence-electron chi connectivity index (χ2n) is 6.40. The number of amides is 1. The van der Waals surface area contributed by atoms with E-state index >= 15 is 0 Å². The molecule has 2 aliphatic rings. The Balaban J connectivity index is 1.36. The van der Waals surface area contributed by atoms with E-state index in [4.69, 9.17) is 9.47 Å². The molecule has 2 aromatic rings. The van der Waals surface area contributed by atoms with Crippen LogP contribution < -0.4 is 5.32 Å². The van der Waals surface area contributed by atoms with Crippen molar-refractivity contribution in [2.75, 3.05) is 13.2 Å². The van der Waals surface area contributed by atoms with Gasteiger partial charge in [-0.3, -0.25) is 4.79 Å². The predicted molar refractivity (Wildman–Crippen MR) is 87.2 cm³/mol. The first-order valence-electron chi connectivity index (χ1n) is 8.36. The number of nitrogens with zero attached hydrogens (tertiary/aromatic N) is 1. The predicted octanol–water partition coefficient (Wildman–Crippen LogP) is 2.09. The number of ether oxygens (including phenoxy) is 2. The zero-order valence-electron chi connectivity index (χ0n) is 13.1. The summed E-state index contributed by atoms with van der Waals surface area (Å²) in [6.07, 6.45) is 5.09. The van der Waals surface area contributed by atoms with Gasteiger partial charge in [0, 0.05) is 17.8 Å². The molecule has 4 rings (SSSR count). The lowest BCUT2D eigenvalue weighted by Gasteiger charge is -2.39. The first-order chi connectivity index (χ1) is 11.3. The van der Waals surface area contributed by atoms with Crippen LogP contribution in [0, 0.1) is 0 Å². The number of hydrogen-bond acceptors (Lipinski definition) is 3. The quantitative estimate of drug-likeness (QED) is 0.944. The summed E-state index contributed by atoms with van der Waals surface area (Å²) < 4.78 is 13.5. The molecule has 2 heterocycles. The van der Waals surface area contributed by atoms with Gasteiger partial charge in [-0.2, -0.15) is 0 Å². The van der Waals surface area contributed by atoms with Gasteiger partial charge in [-0.05, 0) is 36.8 Å². The average Bonchev–Trinajstić information content (AvgIpc) is 2.98. The third-order valence-electron chi connectivity index (χ3n) is 4.84. The van der Waals surface area contributed by atoms with Crippen LogP contribution in [0.3, 0.4) is 0 Å². The van der Waals surface area contributed by atoms with Gasteiger partial charge in [0.15, 0.2) is 0 Å². The van der Waals surface area contributed by atoms with E-state index in [2.05, 4.69) is 11.4 Å². The van der Waals surface area contributed by atoms with Crippen molar-refractivity contribution in [1.29, 1.82) is 0 Å². The number of carbonyl (C=O) groups excluding carboxylic acids is 1. The number of carbonyl (C=O) groups is 1. The summed E-state index contributed by atoms with van der Waals surface area (Å²) in [5.74, 6) is 0.0616. The summed E-state index contributed by atoms with van der Waals surface area (Å²) in [6.45, 7) is 1.71. The third kappa shape index (κ3) is 3.12. The van der Waals surface area contributed by atoms with Gasteiger partial charge in [-0.1, -0.05) is 18.2 Å². The second kappa shape index (κ2) is 6.34. The molecular formula is C18H22N2O3. The van der Waals surface area contributed by atoms with Crippen molar-refractivity contribution in [1.82, 2.24) is 9.88 Å². The number of aromatic nitrogens is 1. The molecule has 1 saturated heterocycles. The van der Waals surface area contributed by atoms with Gasteiger partial charge >= 0.3 is 0 Å². The van der Waals surface area contributed by atoms with Crippen LogP contribution in [0.5, 0.6) is 0 Å². The number of benzene rings is 1. The fourth-order valence-electron chi connectivity index (χ4n) is 3.70. The monoisotopic (exact) mass is 314 g/mol. The molecule has 0 spiro atoms. The Morgan fingerprint density at radius 2 is 1.96 bits per heavy atom. The molecule has 0 radical (unpaired) electrons. The van der Waals surface area contributed by atoms with Gasteiger partial charge in [-0.15, -0.1) is 0 Å². The van der Waals surface area contributed by atoms with Crippen LogP contribution in [-0.4, -0.2) is 41.9 Å². The van der Waals surface area contributed by atoms with Crippen molar-refractivity contribution in [3.63, 3.8) is 0 Å². The van der Waals surface area contributed by atoms with Crippen LogP contribution in [0.2, 0.25) is 0 Å². The van der Waals surface area contributed by atoms with Gasteiger partial charge < -0.3 is 19.4 Å². The molecule has 0 bridgehead atoms. The molecule has 1 aromatic carbocycles. The smallest absolute Gasteiger partial charge is 0.240 e. The summed E-state index contributed by atoms with van der Waals surface area (Å²) in [6, 6.07) is 10.3. The zero-order chi connectivity index (χ0) is 15.6. The summed E-state index contributed by atoms with van der Waals surface area (Å²) in [4.78, 5) is 12.4. The first-order valence-corrected chi connectivity index (χ1v) is 8.36. The lowest BCUT2D eigenvalue weighted by molar-refractivity contribution is -0.158. The number of fused-ring (bicyclic) bond motifs is 2. The maximum Gasteiger partial charge on any atom is 0.240 e. The molecule has 23 heavy (non-hydrogen) atoms. The lowest BCUT2D eigenvalue weighted by atomic mass is 9.89. The molecule has 1 aliphatic heterocycles. The molecule has 1 aliphatic carbocycles. The van der Waals surface area contributed by atoms with E-state index in [0.29, 0.717) is 19.8 Å². The van der Waals surface area contributed by atoms with Crippen LogP contribution in [0.1, 0.15) is 19.3 Å². The van der Waals surface area contributed by atoms with Gasteiger partial charge in [0.25, 0.3) is 0 Å². The van der Waals surface area contributed by atoms with Crippen LogP contribution in [0.15, 0.2) is 36.5 Å². The summed E-state index contributed by atoms with van der Waals surface area (Å²) in [5.41, 5.74) is 1.09. The highest BCUT2D eigenvalue weighted by molar-refractivity contribution is 5.83. The Labute approximate surface area is 135 Å². The van der Waals surface area contributed by atoms with E-state index in [0.717, 1.165) is 30.2 Å². The molecule has 2 fully saturated rings. The van der Waals surface area contributed by atoms with Crippen molar-refractivity contribution in [3.8, 4) is 0 Å². The summed E-state index contributed by atoms with van der Waals surface area (Å²) >= 11 is 0. The van der Waals surface area contributed by atoms with Gasteiger partial charge in [0.1, 0.15) is 6.54 Å². The third-order valence-corrected chi connectivity index (χ3v) is 4.84. The van der Waals surface area contributed by atoms with Crippen molar-refractivity contribution >= 4 is 16.8 Å². The Kier molecular flexibility index (Phi) is 4.06. The van der Waals surface area contributed by atoms with E-state index in [-0.39, 0.29) is 24.2 Å². The van der Waals surface area contributed by atoms with Crippen molar-refractivity contribution in [2.24, 2.45) is 0 Å². The van der Waals surface area contributed by atoms with E-state index in [1.54, 1.807) is 0 Å². The first kappa shape index (κ1) is 14.7. The Morgan fingerprint density at radius 1 is 1.13 bits per heavy atom. The molecule has 1 N–H and O–H groups in total. The minimum Gasteiger partial charge on any atom is -0.373 e. The number of rotatable bonds is 3.